The molecule has 2 rings (SSSR count). The maximum absolute atomic E-state index is 13.8. The molecule has 0 unspecified atom stereocenters. The summed E-state index contributed by atoms with van der Waals surface area (Å²) in [5.41, 5.74) is -0.259. The zero-order valence-corrected chi connectivity index (χ0v) is 10.8. The van der Waals surface area contributed by atoms with Crippen molar-refractivity contribution in [2.75, 3.05) is 31.8 Å². The summed E-state index contributed by atoms with van der Waals surface area (Å²) in [6, 6.07) is 2.32. The van der Waals surface area contributed by atoms with Gasteiger partial charge in [0.05, 0.1) is 20.3 Å². The molecule has 0 aromatic heterocycles. The first-order valence-electron chi connectivity index (χ1n) is 5.96. The van der Waals surface area contributed by atoms with Gasteiger partial charge in [0.15, 0.2) is 0 Å². The third-order valence-electron chi connectivity index (χ3n) is 3.12. The number of morpholine rings is 1. The Morgan fingerprint density at radius 2 is 2.05 bits per heavy atom. The molecule has 1 aromatic carbocycles. The zero-order valence-electron chi connectivity index (χ0n) is 10.8. The van der Waals surface area contributed by atoms with Crippen LogP contribution in [0.3, 0.4) is 0 Å². The lowest BCUT2D eigenvalue weighted by Gasteiger charge is -2.35. The predicted octanol–water partition coefficient (Wildman–Crippen LogP) is 1.98. The molecule has 1 aliphatic heterocycles. The predicted molar refractivity (Wildman–Crippen MR) is 65.3 cm³/mol. The van der Waals surface area contributed by atoms with Gasteiger partial charge in [-0.25, -0.2) is 13.6 Å². The lowest BCUT2D eigenvalue weighted by atomic mass is 10.1. The zero-order chi connectivity index (χ0) is 14.0. The highest BCUT2D eigenvalue weighted by Crippen LogP contribution is 2.25. The Morgan fingerprint density at radius 1 is 1.42 bits per heavy atom. The van der Waals surface area contributed by atoms with Crippen LogP contribution in [-0.4, -0.2) is 38.9 Å². The van der Waals surface area contributed by atoms with E-state index in [9.17, 15) is 13.6 Å². The molecule has 0 saturated carbocycles. The summed E-state index contributed by atoms with van der Waals surface area (Å²) in [6.45, 7) is 3.47. The standard InChI is InChI=1S/C13H15F2NO3/c1-8-7-19-4-3-16(8)9-5-10(14)12(11(15)6-9)13(17)18-2/h5-6,8H,3-4,7H2,1-2H3/t8-/m0/s1. The van der Waals surface area contributed by atoms with Gasteiger partial charge in [-0.3, -0.25) is 0 Å². The molecule has 0 amide bonds. The van der Waals surface area contributed by atoms with Crippen molar-refractivity contribution in [3.8, 4) is 0 Å². The number of hydrogen-bond acceptors (Lipinski definition) is 4. The van der Waals surface area contributed by atoms with Gasteiger partial charge >= 0.3 is 5.97 Å². The Labute approximate surface area is 109 Å². The third kappa shape index (κ3) is 2.68. The van der Waals surface area contributed by atoms with Gasteiger partial charge in [0.2, 0.25) is 0 Å². The van der Waals surface area contributed by atoms with Crippen LogP contribution < -0.4 is 4.90 Å². The normalized spacial score (nSPS) is 19.4. The number of anilines is 1. The Kier molecular flexibility index (Phi) is 3.99. The van der Waals surface area contributed by atoms with Crippen molar-refractivity contribution in [3.63, 3.8) is 0 Å². The van der Waals surface area contributed by atoms with Crippen LogP contribution in [0.1, 0.15) is 17.3 Å². The molecule has 1 aliphatic rings. The number of rotatable bonds is 2. The molecule has 1 fully saturated rings. The molecular weight excluding hydrogens is 256 g/mol. The summed E-state index contributed by atoms with van der Waals surface area (Å²) in [6.07, 6.45) is 0. The fraction of sp³-hybridized carbons (Fsp3) is 0.462. The summed E-state index contributed by atoms with van der Waals surface area (Å²) in [5, 5.41) is 0. The Morgan fingerprint density at radius 3 is 2.58 bits per heavy atom. The average molecular weight is 271 g/mol. The molecule has 1 heterocycles. The van der Waals surface area contributed by atoms with E-state index in [0.717, 1.165) is 19.2 Å². The highest BCUT2D eigenvalue weighted by Gasteiger charge is 2.24. The second-order valence-corrected chi connectivity index (χ2v) is 4.39. The van der Waals surface area contributed by atoms with Crippen molar-refractivity contribution < 1.29 is 23.0 Å². The number of carbonyl (C=O) groups is 1. The quantitative estimate of drug-likeness (QED) is 0.771. The van der Waals surface area contributed by atoms with E-state index in [2.05, 4.69) is 4.74 Å². The number of benzene rings is 1. The first-order valence-corrected chi connectivity index (χ1v) is 5.96. The van der Waals surface area contributed by atoms with Crippen LogP contribution in [0.5, 0.6) is 0 Å². The van der Waals surface area contributed by atoms with E-state index in [0.29, 0.717) is 25.4 Å². The fourth-order valence-corrected chi connectivity index (χ4v) is 2.13. The lowest BCUT2D eigenvalue weighted by Crippen LogP contribution is -2.43. The molecule has 0 spiro atoms. The van der Waals surface area contributed by atoms with E-state index in [1.54, 1.807) is 0 Å². The minimum atomic E-state index is -1.02. The number of hydrogen-bond donors (Lipinski definition) is 0. The first-order chi connectivity index (χ1) is 9.04. The van der Waals surface area contributed by atoms with Crippen LogP contribution in [0, 0.1) is 11.6 Å². The number of ether oxygens (including phenoxy) is 2. The summed E-state index contributed by atoms with van der Waals surface area (Å²) >= 11 is 0. The second kappa shape index (κ2) is 5.52. The molecule has 104 valence electrons. The topological polar surface area (TPSA) is 38.8 Å². The van der Waals surface area contributed by atoms with E-state index in [1.807, 2.05) is 11.8 Å². The van der Waals surface area contributed by atoms with Gasteiger partial charge in [0, 0.05) is 18.3 Å². The van der Waals surface area contributed by atoms with Gasteiger partial charge in [-0.15, -0.1) is 0 Å². The second-order valence-electron chi connectivity index (χ2n) is 4.39. The largest absolute Gasteiger partial charge is 0.465 e. The number of nitrogens with zero attached hydrogens (tertiary/aromatic N) is 1. The summed E-state index contributed by atoms with van der Waals surface area (Å²) in [4.78, 5) is 13.1. The highest BCUT2D eigenvalue weighted by atomic mass is 19.1. The van der Waals surface area contributed by atoms with Gasteiger partial charge in [-0.2, -0.15) is 0 Å². The van der Waals surface area contributed by atoms with Crippen LogP contribution in [0.2, 0.25) is 0 Å². The summed E-state index contributed by atoms with van der Waals surface area (Å²) in [5.74, 6) is -2.85. The minimum absolute atomic E-state index is 0.0246. The highest BCUT2D eigenvalue weighted by molar-refractivity contribution is 5.90. The molecule has 0 radical (unpaired) electrons. The van der Waals surface area contributed by atoms with E-state index in [-0.39, 0.29) is 6.04 Å². The molecule has 0 N–H and O–H groups in total. The van der Waals surface area contributed by atoms with Gasteiger partial charge in [-0.05, 0) is 19.1 Å². The lowest BCUT2D eigenvalue weighted by molar-refractivity contribution is 0.0589. The van der Waals surface area contributed by atoms with Gasteiger partial charge in [-0.1, -0.05) is 0 Å². The number of methoxy groups -OCH3 is 1. The van der Waals surface area contributed by atoms with Gasteiger partial charge in [0.25, 0.3) is 0 Å². The number of carbonyl (C=O) groups excluding carboxylic acids is 1. The Balaban J connectivity index is 2.36. The fourth-order valence-electron chi connectivity index (χ4n) is 2.13. The third-order valence-corrected chi connectivity index (χ3v) is 3.12. The van der Waals surface area contributed by atoms with E-state index >= 15 is 0 Å². The Bertz CT molecular complexity index is 470. The first kappa shape index (κ1) is 13.7. The SMILES string of the molecule is COC(=O)c1c(F)cc(N2CCOC[C@@H]2C)cc1F. The van der Waals surface area contributed by atoms with E-state index < -0.39 is 23.2 Å². The summed E-state index contributed by atoms with van der Waals surface area (Å²) in [7, 11) is 1.08. The van der Waals surface area contributed by atoms with Crippen molar-refractivity contribution in [2.45, 2.75) is 13.0 Å². The van der Waals surface area contributed by atoms with Crippen molar-refractivity contribution in [1.29, 1.82) is 0 Å². The van der Waals surface area contributed by atoms with Crippen molar-refractivity contribution in [2.24, 2.45) is 0 Å². The maximum Gasteiger partial charge on any atom is 0.343 e. The van der Waals surface area contributed by atoms with Crippen molar-refractivity contribution in [1.82, 2.24) is 0 Å². The minimum Gasteiger partial charge on any atom is -0.465 e. The molecule has 6 heteroatoms. The van der Waals surface area contributed by atoms with Crippen molar-refractivity contribution in [3.05, 3.63) is 29.3 Å². The molecule has 0 aliphatic carbocycles. The molecule has 4 nitrogen and oxygen atoms in total. The van der Waals surface area contributed by atoms with Gasteiger partial charge in [0.1, 0.15) is 17.2 Å². The monoisotopic (exact) mass is 271 g/mol. The van der Waals surface area contributed by atoms with Crippen LogP contribution >= 0.6 is 0 Å². The maximum atomic E-state index is 13.8. The molecular formula is C13H15F2NO3. The smallest absolute Gasteiger partial charge is 0.343 e. The van der Waals surface area contributed by atoms with Crippen molar-refractivity contribution >= 4 is 11.7 Å². The Hall–Kier alpha value is -1.69. The van der Waals surface area contributed by atoms with Crippen LogP contribution in [0.25, 0.3) is 0 Å². The number of halogens is 2. The summed E-state index contributed by atoms with van der Waals surface area (Å²) < 4.78 is 37.3. The molecule has 1 atom stereocenters. The van der Waals surface area contributed by atoms with E-state index in [4.69, 9.17) is 4.74 Å². The average Bonchev–Trinajstić information content (AvgIpc) is 2.38. The van der Waals surface area contributed by atoms with Crippen LogP contribution in [0.15, 0.2) is 12.1 Å². The molecule has 1 saturated heterocycles. The number of esters is 1. The van der Waals surface area contributed by atoms with Crippen LogP contribution in [-0.2, 0) is 9.47 Å². The van der Waals surface area contributed by atoms with Gasteiger partial charge < -0.3 is 14.4 Å². The van der Waals surface area contributed by atoms with E-state index in [1.165, 1.54) is 0 Å². The molecule has 0 bridgehead atoms. The molecule has 1 aromatic rings. The van der Waals surface area contributed by atoms with Crippen LogP contribution in [0.4, 0.5) is 14.5 Å². The molecule has 19 heavy (non-hydrogen) atoms.